The Morgan fingerprint density at radius 2 is 1.11 bits per heavy atom. The van der Waals surface area contributed by atoms with Gasteiger partial charge in [0.2, 0.25) is 16.9 Å². The zero-order valence-electron chi connectivity index (χ0n) is 22.9. The molecule has 1 atom stereocenters. The summed E-state index contributed by atoms with van der Waals surface area (Å²) in [5.41, 5.74) is 0. The standard InChI is InChI=1S/C28H49N5S4/c1-28(34-22-14-6-2-7-15-22)30-26(32-35-23-16-8-3-9-17-23)29-27(31-28)33(36-24-18-10-4-11-19-24)37-25-20-12-5-13-21-25/h22-25H,2-21H2,1H3,(H2,29,30,31,32). The Hall–Kier alpha value is 0.140. The molecule has 0 spiro atoms. The maximum Gasteiger partial charge on any atom is 0.224 e. The predicted octanol–water partition coefficient (Wildman–Crippen LogP) is 8.88. The number of hydrogen-bond acceptors (Lipinski definition) is 9. The van der Waals surface area contributed by atoms with Gasteiger partial charge in [0.25, 0.3) is 0 Å². The van der Waals surface area contributed by atoms with Gasteiger partial charge < -0.3 is 0 Å². The number of nitrogens with zero attached hydrogens (tertiary/aromatic N) is 3. The van der Waals surface area contributed by atoms with E-state index in [4.69, 9.17) is 9.98 Å². The fourth-order valence-corrected chi connectivity index (χ4v) is 11.7. The van der Waals surface area contributed by atoms with E-state index in [1.165, 1.54) is 128 Å². The Morgan fingerprint density at radius 3 is 1.62 bits per heavy atom. The molecule has 1 aliphatic heterocycles. The summed E-state index contributed by atoms with van der Waals surface area (Å²) >= 11 is 8.04. The summed E-state index contributed by atoms with van der Waals surface area (Å²) in [6.07, 6.45) is 27.2. The summed E-state index contributed by atoms with van der Waals surface area (Å²) in [5.74, 6) is 1.95. The maximum atomic E-state index is 5.40. The van der Waals surface area contributed by atoms with E-state index in [9.17, 15) is 0 Å². The minimum absolute atomic E-state index is 0.462. The van der Waals surface area contributed by atoms with E-state index in [2.05, 4.69) is 44.6 Å². The van der Waals surface area contributed by atoms with Crippen LogP contribution in [0.5, 0.6) is 0 Å². The summed E-state index contributed by atoms with van der Waals surface area (Å²) in [4.78, 5) is 10.2. The minimum Gasteiger partial charge on any atom is -0.300 e. The van der Waals surface area contributed by atoms with Crippen molar-refractivity contribution in [2.24, 2.45) is 9.98 Å². The summed E-state index contributed by atoms with van der Waals surface area (Å²) in [6, 6.07) is 0. The zero-order valence-corrected chi connectivity index (χ0v) is 26.2. The first-order valence-electron chi connectivity index (χ1n) is 15.4. The van der Waals surface area contributed by atoms with Crippen molar-refractivity contribution in [1.82, 2.24) is 13.7 Å². The number of rotatable bonds is 8. The smallest absolute Gasteiger partial charge is 0.224 e. The highest BCUT2D eigenvalue weighted by Crippen LogP contribution is 2.43. The van der Waals surface area contributed by atoms with Crippen molar-refractivity contribution < 1.29 is 0 Å². The molecule has 2 N–H and O–H groups in total. The number of nitrogens with one attached hydrogen (secondary N) is 2. The molecule has 1 heterocycles. The first-order chi connectivity index (χ1) is 18.2. The third-order valence-electron chi connectivity index (χ3n) is 8.45. The van der Waals surface area contributed by atoms with Crippen molar-refractivity contribution in [3.8, 4) is 0 Å². The van der Waals surface area contributed by atoms with Crippen LogP contribution in [-0.4, -0.2) is 41.6 Å². The highest BCUT2D eigenvalue weighted by Gasteiger charge is 2.36. The van der Waals surface area contributed by atoms with E-state index < -0.39 is 4.99 Å². The molecule has 4 aliphatic carbocycles. The highest BCUT2D eigenvalue weighted by atomic mass is 32.2. The van der Waals surface area contributed by atoms with Gasteiger partial charge in [-0.25, -0.2) is 13.7 Å². The SMILES string of the molecule is CC1(SC2CCCCC2)N=C(NSC2CCCCC2)NC(N(SC2CCCCC2)SC2CCCCC2)=N1. The van der Waals surface area contributed by atoms with Gasteiger partial charge in [0.15, 0.2) is 0 Å². The minimum atomic E-state index is -0.462. The second-order valence-electron chi connectivity index (χ2n) is 11.8. The summed E-state index contributed by atoms with van der Waals surface area (Å²) in [6.45, 7) is 2.26. The summed E-state index contributed by atoms with van der Waals surface area (Å²) in [5, 5.41) is 6.48. The Bertz CT molecular complexity index is 736. The molecule has 5 rings (SSSR count). The molecule has 1 unspecified atom stereocenters. The fourth-order valence-electron chi connectivity index (χ4n) is 6.34. The van der Waals surface area contributed by atoms with E-state index in [0.29, 0.717) is 21.0 Å². The van der Waals surface area contributed by atoms with Crippen LogP contribution in [0, 0.1) is 0 Å². The highest BCUT2D eigenvalue weighted by molar-refractivity contribution is 8.13. The van der Waals surface area contributed by atoms with E-state index >= 15 is 0 Å². The monoisotopic (exact) mass is 583 g/mol. The van der Waals surface area contributed by atoms with Crippen molar-refractivity contribution >= 4 is 59.5 Å². The van der Waals surface area contributed by atoms with E-state index in [1.54, 1.807) is 0 Å². The first kappa shape index (κ1) is 28.7. The number of aliphatic imine (C=N–C) groups is 2. The Labute approximate surface area is 243 Å². The second-order valence-corrected chi connectivity index (χ2v) is 17.3. The van der Waals surface area contributed by atoms with Crippen molar-refractivity contribution in [3.05, 3.63) is 0 Å². The van der Waals surface area contributed by atoms with Crippen molar-refractivity contribution in [2.75, 3.05) is 0 Å². The maximum absolute atomic E-state index is 5.40. The van der Waals surface area contributed by atoms with Crippen LogP contribution in [0.3, 0.4) is 0 Å². The number of thioether (sulfide) groups is 1. The van der Waals surface area contributed by atoms with Crippen LogP contribution >= 0.6 is 47.6 Å². The van der Waals surface area contributed by atoms with Gasteiger partial charge in [0.1, 0.15) is 0 Å². The Morgan fingerprint density at radius 1 is 0.649 bits per heavy atom. The molecular formula is C28H49N5S4. The average Bonchev–Trinajstić information content (AvgIpc) is 2.93. The lowest BCUT2D eigenvalue weighted by atomic mass is 10.0. The molecule has 0 aromatic rings. The van der Waals surface area contributed by atoms with Crippen LogP contribution in [0.4, 0.5) is 0 Å². The van der Waals surface area contributed by atoms with Gasteiger partial charge in [0, 0.05) is 21.0 Å². The second kappa shape index (κ2) is 14.7. The molecule has 4 saturated carbocycles. The van der Waals surface area contributed by atoms with Crippen molar-refractivity contribution in [3.63, 3.8) is 0 Å². The third kappa shape index (κ3) is 9.07. The van der Waals surface area contributed by atoms with E-state index in [-0.39, 0.29) is 0 Å². The van der Waals surface area contributed by atoms with Gasteiger partial charge in [-0.1, -0.05) is 77.0 Å². The van der Waals surface area contributed by atoms with Crippen molar-refractivity contribution in [1.29, 1.82) is 0 Å². The molecule has 0 aromatic carbocycles. The van der Waals surface area contributed by atoms with Crippen LogP contribution in [0.25, 0.3) is 0 Å². The number of hydrogen-bond donors (Lipinski definition) is 2. The zero-order chi connectivity index (χ0) is 25.3. The van der Waals surface area contributed by atoms with Gasteiger partial charge in [-0.2, -0.15) is 0 Å². The van der Waals surface area contributed by atoms with Crippen molar-refractivity contribution in [2.45, 2.75) is 161 Å². The van der Waals surface area contributed by atoms with Gasteiger partial charge in [-0.05, 0) is 94.1 Å². The molecule has 0 bridgehead atoms. The molecule has 5 nitrogen and oxygen atoms in total. The molecule has 4 fully saturated rings. The topological polar surface area (TPSA) is 52.0 Å². The molecule has 0 aromatic heterocycles. The average molecular weight is 584 g/mol. The normalized spacial score (nSPS) is 29.3. The summed E-state index contributed by atoms with van der Waals surface area (Å²) < 4.78 is 6.20. The molecule has 5 aliphatic rings. The van der Waals surface area contributed by atoms with Crippen LogP contribution in [0.15, 0.2) is 9.98 Å². The lowest BCUT2D eigenvalue weighted by Gasteiger charge is -2.38. The molecular weight excluding hydrogens is 535 g/mol. The fraction of sp³-hybridized carbons (Fsp3) is 0.929. The van der Waals surface area contributed by atoms with Crippen LogP contribution in [0.1, 0.15) is 135 Å². The Balaban J connectivity index is 1.33. The molecule has 0 radical (unpaired) electrons. The van der Waals surface area contributed by atoms with E-state index in [0.717, 1.165) is 11.9 Å². The Kier molecular flexibility index (Phi) is 11.4. The first-order valence-corrected chi connectivity index (χ1v) is 18.8. The van der Waals surface area contributed by atoms with Gasteiger partial charge in [0.05, 0.1) is 0 Å². The lowest BCUT2D eigenvalue weighted by Crippen LogP contribution is -2.50. The molecule has 0 saturated heterocycles. The molecule has 0 amide bonds. The molecule has 9 heteroatoms. The van der Waals surface area contributed by atoms with Crippen LogP contribution in [0.2, 0.25) is 0 Å². The number of guanidine groups is 2. The molecule has 210 valence electrons. The molecule has 37 heavy (non-hydrogen) atoms. The quantitative estimate of drug-likeness (QED) is 0.277. The van der Waals surface area contributed by atoms with Crippen LogP contribution < -0.4 is 10.0 Å². The third-order valence-corrected chi connectivity index (χ3v) is 13.8. The summed E-state index contributed by atoms with van der Waals surface area (Å²) in [7, 11) is 0. The van der Waals surface area contributed by atoms with Crippen LogP contribution in [-0.2, 0) is 0 Å². The lowest BCUT2D eigenvalue weighted by molar-refractivity contribution is 0.508. The van der Waals surface area contributed by atoms with Gasteiger partial charge in [-0.15, -0.1) is 11.8 Å². The van der Waals surface area contributed by atoms with Gasteiger partial charge >= 0.3 is 0 Å². The van der Waals surface area contributed by atoms with Gasteiger partial charge in [-0.3, -0.25) is 10.0 Å². The van der Waals surface area contributed by atoms with E-state index in [1.807, 2.05) is 23.7 Å². The largest absolute Gasteiger partial charge is 0.300 e. The predicted molar refractivity (Wildman–Crippen MR) is 169 cm³/mol.